The van der Waals surface area contributed by atoms with Crippen LogP contribution in [0.25, 0.3) is 0 Å². The molecule has 0 spiro atoms. The minimum atomic E-state index is -5.42. The number of aliphatic hydroxyl groups is 1. The summed E-state index contributed by atoms with van der Waals surface area (Å²) in [5.41, 5.74) is 1.08. The number of aryl methyl sites for hydroxylation is 1. The molecule has 0 saturated carbocycles. The van der Waals surface area contributed by atoms with E-state index in [1.807, 2.05) is 31.2 Å². The van der Waals surface area contributed by atoms with E-state index in [1.54, 1.807) is 0 Å². The summed E-state index contributed by atoms with van der Waals surface area (Å²) in [5, 5.41) is 8.81. The van der Waals surface area contributed by atoms with E-state index < -0.39 is 30.0 Å². The molecule has 1 radical (unpaired) electrons. The topological polar surface area (TPSA) is 54.4 Å². The zero-order valence-electron chi connectivity index (χ0n) is 11.2. The molecule has 0 saturated heterocycles. The van der Waals surface area contributed by atoms with E-state index in [4.69, 9.17) is 5.11 Å². The second kappa shape index (κ2) is 10.5. The molecule has 1 rings (SSSR count). The third-order valence-corrected chi connectivity index (χ3v) is 2.75. The number of allylic oxidation sites excluding steroid dienone is 2. The van der Waals surface area contributed by atoms with Crippen molar-refractivity contribution < 1.29 is 90.2 Å². The standard InChI is InChI=1S/C7H7OP.C5H2F6O2.Eu/c1-6-4-2-3-5-7(6)9-8;6-4(7,8)2(12)1-3(13)5(9,10)11;/h2-5H,1H3;1,12H;/b;2-1-;. The Balaban J connectivity index is 0. The van der Waals surface area contributed by atoms with Crippen LogP contribution in [-0.2, 0) is 9.36 Å². The van der Waals surface area contributed by atoms with Crippen LogP contribution in [0.2, 0.25) is 0 Å². The Labute approximate surface area is 169 Å². The molecule has 0 fully saturated rings. The molecule has 0 aliphatic heterocycles. The van der Waals surface area contributed by atoms with Crippen molar-refractivity contribution in [1.29, 1.82) is 0 Å². The van der Waals surface area contributed by atoms with Crippen LogP contribution in [-0.4, -0.2) is 23.2 Å². The molecular formula is C12H9EuF6O3P. The Morgan fingerprint density at radius 3 is 1.87 bits per heavy atom. The molecule has 3 nitrogen and oxygen atoms in total. The molecule has 1 aromatic carbocycles. The summed E-state index contributed by atoms with van der Waals surface area (Å²) in [6.45, 7) is 1.94. The first kappa shape index (κ1) is 24.9. The summed E-state index contributed by atoms with van der Waals surface area (Å²) >= 11 is 0. The predicted octanol–water partition coefficient (Wildman–Crippen LogP) is 4.03. The van der Waals surface area contributed by atoms with Gasteiger partial charge in [0.25, 0.3) is 5.78 Å². The van der Waals surface area contributed by atoms with Crippen LogP contribution in [0.1, 0.15) is 5.56 Å². The van der Waals surface area contributed by atoms with Crippen LogP contribution in [0.4, 0.5) is 26.3 Å². The maximum absolute atomic E-state index is 11.4. The Kier molecular flexibility index (Phi) is 11.4. The summed E-state index contributed by atoms with van der Waals surface area (Å²) < 4.78 is 78.4. The molecule has 1 N–H and O–H groups in total. The molecule has 0 aliphatic rings. The van der Waals surface area contributed by atoms with Gasteiger partial charge in [0.2, 0.25) is 5.76 Å². The predicted molar refractivity (Wildman–Crippen MR) is 66.2 cm³/mol. The first-order valence-corrected chi connectivity index (χ1v) is 6.18. The van der Waals surface area contributed by atoms with E-state index >= 15 is 0 Å². The van der Waals surface area contributed by atoms with E-state index in [-0.39, 0.29) is 57.8 Å². The number of rotatable bonds is 2. The van der Waals surface area contributed by atoms with Crippen molar-refractivity contribution in [3.8, 4) is 0 Å². The Morgan fingerprint density at radius 1 is 1.09 bits per heavy atom. The SMILES string of the molecule is Cc1ccccc1P=O.O=C(/C=C(\O)C(F)(F)F)C(F)(F)F.[Eu]. The summed E-state index contributed by atoms with van der Waals surface area (Å²) in [4.78, 5) is 9.86. The van der Waals surface area contributed by atoms with Gasteiger partial charge in [-0.3, -0.25) is 9.36 Å². The van der Waals surface area contributed by atoms with Crippen LogP contribution >= 0.6 is 8.46 Å². The first-order valence-electron chi connectivity index (χ1n) is 5.37. The molecule has 0 aliphatic carbocycles. The minimum Gasteiger partial charge on any atom is -0.504 e. The minimum absolute atomic E-state index is 0. The number of ketones is 1. The van der Waals surface area contributed by atoms with E-state index in [1.165, 1.54) is 0 Å². The van der Waals surface area contributed by atoms with Crippen molar-refractivity contribution in [2.75, 3.05) is 0 Å². The van der Waals surface area contributed by atoms with Crippen LogP contribution in [0.5, 0.6) is 0 Å². The fourth-order valence-corrected chi connectivity index (χ4v) is 1.32. The molecule has 0 heterocycles. The molecule has 0 atom stereocenters. The summed E-state index contributed by atoms with van der Waals surface area (Å²) in [7, 11) is 0.112. The van der Waals surface area contributed by atoms with E-state index in [0.29, 0.717) is 0 Å². The van der Waals surface area contributed by atoms with Gasteiger partial charge in [0.05, 0.1) is 0 Å². The first-order chi connectivity index (χ1) is 9.89. The van der Waals surface area contributed by atoms with Gasteiger partial charge in [0.1, 0.15) is 0 Å². The Morgan fingerprint density at radius 2 is 1.57 bits per heavy atom. The molecular weight excluding hydrogens is 489 g/mol. The molecule has 0 unspecified atom stereocenters. The molecule has 0 bridgehead atoms. The second-order valence-electron chi connectivity index (χ2n) is 3.77. The van der Waals surface area contributed by atoms with Crippen molar-refractivity contribution in [2.24, 2.45) is 0 Å². The number of halogens is 6. The molecule has 1 aromatic rings. The van der Waals surface area contributed by atoms with Crippen molar-refractivity contribution in [2.45, 2.75) is 19.3 Å². The van der Waals surface area contributed by atoms with Gasteiger partial charge in [-0.25, -0.2) is 0 Å². The monoisotopic (exact) mass is 499 g/mol. The second-order valence-corrected chi connectivity index (χ2v) is 4.43. The van der Waals surface area contributed by atoms with Gasteiger partial charge in [-0.15, -0.1) is 0 Å². The molecule has 129 valence electrons. The Hall–Kier alpha value is -0.306. The number of benzene rings is 1. The van der Waals surface area contributed by atoms with Crippen LogP contribution in [0.3, 0.4) is 0 Å². The quantitative estimate of drug-likeness (QED) is 0.290. The van der Waals surface area contributed by atoms with Gasteiger partial charge in [0.15, 0.2) is 8.46 Å². The number of aliphatic hydroxyl groups excluding tert-OH is 1. The van der Waals surface area contributed by atoms with Gasteiger partial charge in [0, 0.05) is 60.8 Å². The molecule has 23 heavy (non-hydrogen) atoms. The Bertz CT molecular complexity index is 569. The van der Waals surface area contributed by atoms with Gasteiger partial charge < -0.3 is 5.11 Å². The zero-order valence-corrected chi connectivity index (χ0v) is 14.6. The maximum atomic E-state index is 11.4. The number of alkyl halides is 6. The fraction of sp³-hybridized carbons (Fsp3) is 0.250. The molecule has 0 aromatic heterocycles. The maximum Gasteiger partial charge on any atom is 0.454 e. The largest absolute Gasteiger partial charge is 0.504 e. The van der Waals surface area contributed by atoms with Crippen molar-refractivity contribution in [1.82, 2.24) is 0 Å². The normalized spacial score (nSPS) is 12.0. The average molecular weight is 498 g/mol. The zero-order chi connectivity index (χ0) is 17.6. The van der Waals surface area contributed by atoms with Crippen molar-refractivity contribution in [3.05, 3.63) is 41.7 Å². The molecule has 11 heteroatoms. The van der Waals surface area contributed by atoms with Gasteiger partial charge in [-0.05, 0) is 18.6 Å². The van der Waals surface area contributed by atoms with E-state index in [0.717, 1.165) is 10.9 Å². The summed E-state index contributed by atoms with van der Waals surface area (Å²) in [6.07, 6.45) is -11.7. The van der Waals surface area contributed by atoms with E-state index in [2.05, 4.69) is 0 Å². The summed E-state index contributed by atoms with van der Waals surface area (Å²) in [5.74, 6) is -5.34. The van der Waals surface area contributed by atoms with Crippen LogP contribution in [0, 0.1) is 56.3 Å². The number of carbonyl (C=O) groups excluding carboxylic acids is 1. The summed E-state index contributed by atoms with van der Waals surface area (Å²) in [6, 6.07) is 7.61. The third kappa shape index (κ3) is 10.2. The number of hydrogen-bond acceptors (Lipinski definition) is 3. The number of hydrogen-bond donors (Lipinski definition) is 1. The molecule has 0 amide bonds. The van der Waals surface area contributed by atoms with Crippen LogP contribution < -0.4 is 5.30 Å². The number of carbonyl (C=O) groups is 1. The van der Waals surface area contributed by atoms with Gasteiger partial charge in [-0.2, -0.15) is 26.3 Å². The van der Waals surface area contributed by atoms with E-state index in [9.17, 15) is 35.7 Å². The smallest absolute Gasteiger partial charge is 0.454 e. The van der Waals surface area contributed by atoms with Crippen molar-refractivity contribution in [3.63, 3.8) is 0 Å². The fourth-order valence-electron chi connectivity index (χ4n) is 0.954. The van der Waals surface area contributed by atoms with Gasteiger partial charge >= 0.3 is 12.4 Å². The van der Waals surface area contributed by atoms with Crippen LogP contribution in [0.15, 0.2) is 36.1 Å². The third-order valence-electron chi connectivity index (χ3n) is 2.05. The van der Waals surface area contributed by atoms with Crippen molar-refractivity contribution >= 4 is 19.5 Å². The average Bonchev–Trinajstić information content (AvgIpc) is 2.37. The van der Waals surface area contributed by atoms with Gasteiger partial charge in [-0.1, -0.05) is 18.2 Å².